The van der Waals surface area contributed by atoms with E-state index < -0.39 is 0 Å². The first-order valence-electron chi connectivity index (χ1n) is 9.42. The number of halogens is 1. The maximum Gasteiger partial charge on any atom is 0.234 e. The van der Waals surface area contributed by atoms with Gasteiger partial charge in [0, 0.05) is 28.6 Å². The van der Waals surface area contributed by atoms with Crippen molar-refractivity contribution < 1.29 is 4.79 Å². The number of nitrogens with one attached hydrogen (secondary N) is 1. The van der Waals surface area contributed by atoms with E-state index in [2.05, 4.69) is 25.5 Å². The van der Waals surface area contributed by atoms with E-state index in [0.29, 0.717) is 22.5 Å². The molecule has 0 aliphatic carbocycles. The zero-order chi connectivity index (χ0) is 21.7. The summed E-state index contributed by atoms with van der Waals surface area (Å²) in [5, 5.41) is 13.5. The molecule has 0 saturated carbocycles. The number of benzene rings is 1. The van der Waals surface area contributed by atoms with Crippen LogP contribution in [-0.4, -0.2) is 36.4 Å². The summed E-state index contributed by atoms with van der Waals surface area (Å²) in [4.78, 5) is 21.3. The molecule has 7 nitrogen and oxygen atoms in total. The molecule has 2 heterocycles. The van der Waals surface area contributed by atoms with Crippen LogP contribution in [0.25, 0.3) is 0 Å². The van der Waals surface area contributed by atoms with Crippen molar-refractivity contribution in [1.29, 1.82) is 0 Å². The lowest BCUT2D eigenvalue weighted by Gasteiger charge is -2.10. The number of rotatable bonds is 8. The molecular formula is C20H23ClN6OS2. The number of thioether (sulfide) groups is 2. The van der Waals surface area contributed by atoms with Crippen molar-refractivity contribution in [3.8, 4) is 0 Å². The van der Waals surface area contributed by atoms with Crippen molar-refractivity contribution in [3.05, 3.63) is 52.1 Å². The van der Waals surface area contributed by atoms with Crippen LogP contribution in [0.5, 0.6) is 0 Å². The predicted molar refractivity (Wildman–Crippen MR) is 122 cm³/mol. The van der Waals surface area contributed by atoms with Crippen LogP contribution in [0.1, 0.15) is 29.7 Å². The van der Waals surface area contributed by atoms with Gasteiger partial charge in [-0.2, -0.15) is 0 Å². The molecule has 0 saturated heterocycles. The smallest absolute Gasteiger partial charge is 0.234 e. The molecule has 158 valence electrons. The molecule has 0 aliphatic rings. The minimum absolute atomic E-state index is 0.115. The third-order valence-electron chi connectivity index (χ3n) is 4.28. The van der Waals surface area contributed by atoms with E-state index in [1.807, 2.05) is 50.5 Å². The predicted octanol–water partition coefficient (Wildman–Crippen LogP) is 4.69. The lowest BCUT2D eigenvalue weighted by molar-refractivity contribution is -0.113. The number of nitrogens with zero attached hydrogens (tertiary/aromatic N) is 5. The average Bonchev–Trinajstić information content (AvgIpc) is 3.09. The maximum atomic E-state index is 12.4. The number of aromatic nitrogens is 5. The van der Waals surface area contributed by atoms with E-state index in [9.17, 15) is 4.79 Å². The second kappa shape index (κ2) is 10.3. The molecule has 10 heteroatoms. The third-order valence-corrected chi connectivity index (χ3v) is 6.50. The highest BCUT2D eigenvalue weighted by Crippen LogP contribution is 2.25. The number of anilines is 1. The van der Waals surface area contributed by atoms with Gasteiger partial charge in [-0.25, -0.2) is 9.97 Å². The summed E-state index contributed by atoms with van der Waals surface area (Å²) in [5.41, 5.74) is 3.45. The van der Waals surface area contributed by atoms with Crippen LogP contribution in [0.4, 0.5) is 5.69 Å². The van der Waals surface area contributed by atoms with Gasteiger partial charge in [0.05, 0.1) is 11.5 Å². The maximum absolute atomic E-state index is 12.4. The highest BCUT2D eigenvalue weighted by Gasteiger charge is 2.15. The van der Waals surface area contributed by atoms with Gasteiger partial charge >= 0.3 is 0 Å². The molecule has 0 atom stereocenters. The van der Waals surface area contributed by atoms with E-state index >= 15 is 0 Å². The van der Waals surface area contributed by atoms with Crippen LogP contribution in [0.15, 0.2) is 34.6 Å². The molecule has 0 unspecified atom stereocenters. The summed E-state index contributed by atoms with van der Waals surface area (Å²) in [7, 11) is 0. The zero-order valence-corrected chi connectivity index (χ0v) is 19.7. The molecule has 0 fully saturated rings. The molecule has 0 radical (unpaired) electrons. The van der Waals surface area contributed by atoms with E-state index in [4.69, 9.17) is 11.6 Å². The second-order valence-electron chi connectivity index (χ2n) is 6.61. The summed E-state index contributed by atoms with van der Waals surface area (Å²) in [6.45, 7) is 8.54. The van der Waals surface area contributed by atoms with E-state index in [0.717, 1.165) is 33.6 Å². The zero-order valence-electron chi connectivity index (χ0n) is 17.3. The van der Waals surface area contributed by atoms with Crippen molar-refractivity contribution in [2.75, 3.05) is 11.1 Å². The first kappa shape index (κ1) is 22.6. The molecule has 3 rings (SSSR count). The van der Waals surface area contributed by atoms with Gasteiger partial charge in [0.2, 0.25) is 5.91 Å². The molecule has 1 amide bonds. The van der Waals surface area contributed by atoms with E-state index in [1.165, 1.54) is 23.5 Å². The Morgan fingerprint density at radius 3 is 2.57 bits per heavy atom. The Kier molecular flexibility index (Phi) is 7.74. The molecule has 30 heavy (non-hydrogen) atoms. The minimum Gasteiger partial charge on any atom is -0.325 e. The fraction of sp³-hybridized carbons (Fsp3) is 0.350. The van der Waals surface area contributed by atoms with Gasteiger partial charge in [-0.1, -0.05) is 41.2 Å². The topological polar surface area (TPSA) is 85.6 Å². The first-order chi connectivity index (χ1) is 14.4. The van der Waals surface area contributed by atoms with Crippen molar-refractivity contribution in [1.82, 2.24) is 24.7 Å². The Bertz CT molecular complexity index is 1040. The van der Waals surface area contributed by atoms with Crippen LogP contribution >= 0.6 is 35.1 Å². The lowest BCUT2D eigenvalue weighted by atomic mass is 10.2. The second-order valence-corrected chi connectivity index (χ2v) is 8.91. The number of carbonyl (C=O) groups excluding carboxylic acids is 1. The van der Waals surface area contributed by atoms with Crippen LogP contribution < -0.4 is 5.32 Å². The molecule has 0 spiro atoms. The number of amides is 1. The SMILES string of the molecule is CCn1c(CSc2nc(C)cc(C)n2)nnc1SCC(=O)Nc1cccc(Cl)c1C. The molecule has 3 aromatic rings. The summed E-state index contributed by atoms with van der Waals surface area (Å²) in [6, 6.07) is 7.40. The number of carbonyl (C=O) groups is 1. The molecule has 2 aromatic heterocycles. The van der Waals surface area contributed by atoms with Gasteiger partial charge < -0.3 is 9.88 Å². The van der Waals surface area contributed by atoms with Gasteiger partial charge in [0.25, 0.3) is 0 Å². The summed E-state index contributed by atoms with van der Waals surface area (Å²) >= 11 is 9.00. The summed E-state index contributed by atoms with van der Waals surface area (Å²) in [5.74, 6) is 1.56. The van der Waals surface area contributed by atoms with E-state index in [-0.39, 0.29) is 11.7 Å². The van der Waals surface area contributed by atoms with Crippen LogP contribution in [-0.2, 0) is 17.1 Å². The van der Waals surface area contributed by atoms with Crippen molar-refractivity contribution >= 4 is 46.7 Å². The standard InChI is InChI=1S/C20H23ClN6OS2/c1-5-27-17(10-29-19-22-12(2)9-13(3)23-19)25-26-20(27)30-11-18(28)24-16-8-6-7-15(21)14(16)4/h6-9H,5,10-11H2,1-4H3,(H,24,28). The summed E-state index contributed by atoms with van der Waals surface area (Å²) in [6.07, 6.45) is 0. The van der Waals surface area contributed by atoms with Gasteiger partial charge in [0.1, 0.15) is 5.82 Å². The molecular weight excluding hydrogens is 440 g/mol. The number of hydrogen-bond donors (Lipinski definition) is 1. The first-order valence-corrected chi connectivity index (χ1v) is 11.8. The fourth-order valence-electron chi connectivity index (χ4n) is 2.80. The quantitative estimate of drug-likeness (QED) is 0.384. The van der Waals surface area contributed by atoms with Gasteiger partial charge in [-0.05, 0) is 51.5 Å². The van der Waals surface area contributed by atoms with Crippen LogP contribution in [0.3, 0.4) is 0 Å². The largest absolute Gasteiger partial charge is 0.325 e. The van der Waals surface area contributed by atoms with Crippen molar-refractivity contribution in [3.63, 3.8) is 0 Å². The molecule has 0 aliphatic heterocycles. The van der Waals surface area contributed by atoms with Gasteiger partial charge in [-0.15, -0.1) is 10.2 Å². The Hall–Kier alpha value is -2.10. The average molecular weight is 463 g/mol. The Labute approximate surface area is 189 Å². The Balaban J connectivity index is 1.61. The molecule has 0 bridgehead atoms. The Morgan fingerprint density at radius 2 is 1.87 bits per heavy atom. The fourth-order valence-corrected chi connectivity index (χ4v) is 4.68. The lowest BCUT2D eigenvalue weighted by Crippen LogP contribution is -2.15. The highest BCUT2D eigenvalue weighted by atomic mass is 35.5. The third kappa shape index (κ3) is 5.74. The normalized spacial score (nSPS) is 11.0. The van der Waals surface area contributed by atoms with Gasteiger partial charge in [0.15, 0.2) is 10.3 Å². The van der Waals surface area contributed by atoms with Gasteiger partial charge in [-0.3, -0.25) is 4.79 Å². The minimum atomic E-state index is -0.115. The van der Waals surface area contributed by atoms with Crippen molar-refractivity contribution in [2.24, 2.45) is 0 Å². The Morgan fingerprint density at radius 1 is 1.13 bits per heavy atom. The summed E-state index contributed by atoms with van der Waals surface area (Å²) < 4.78 is 2.01. The number of aryl methyl sites for hydroxylation is 2. The molecule has 1 aromatic carbocycles. The molecule has 1 N–H and O–H groups in total. The highest BCUT2D eigenvalue weighted by molar-refractivity contribution is 7.99. The van der Waals surface area contributed by atoms with Crippen LogP contribution in [0, 0.1) is 20.8 Å². The number of hydrogen-bond acceptors (Lipinski definition) is 7. The van der Waals surface area contributed by atoms with Crippen LogP contribution in [0.2, 0.25) is 5.02 Å². The van der Waals surface area contributed by atoms with Crippen molar-refractivity contribution in [2.45, 2.75) is 50.3 Å². The van der Waals surface area contributed by atoms with E-state index in [1.54, 1.807) is 6.07 Å². The monoisotopic (exact) mass is 462 g/mol.